The Morgan fingerprint density at radius 2 is 0.800 bits per heavy atom. The van der Waals surface area contributed by atoms with Crippen LogP contribution in [0, 0.1) is 0 Å². The fourth-order valence-electron chi connectivity index (χ4n) is 6.96. The predicted molar refractivity (Wildman–Crippen MR) is 205 cm³/mol. The van der Waals surface area contributed by atoms with Gasteiger partial charge in [-0.05, 0) is 61.5 Å². The van der Waals surface area contributed by atoms with Gasteiger partial charge in [0.1, 0.15) is 0 Å². The molecule has 50 heavy (non-hydrogen) atoms. The molecule has 0 fully saturated rings. The van der Waals surface area contributed by atoms with Gasteiger partial charge in [0.15, 0.2) is 17.5 Å². The Bertz CT molecular complexity index is 2560. The fourth-order valence-corrected chi connectivity index (χ4v) is 6.96. The van der Waals surface area contributed by atoms with Crippen molar-refractivity contribution < 1.29 is 0 Å². The third-order valence-electron chi connectivity index (χ3n) is 9.19. The number of hydrogen-bond donors (Lipinski definition) is 0. The highest BCUT2D eigenvalue weighted by Gasteiger charge is 2.20. The maximum atomic E-state index is 5.02. The van der Waals surface area contributed by atoms with Crippen LogP contribution in [0.5, 0.6) is 0 Å². The number of nitrogens with zero attached hydrogens (tertiary/aromatic N) is 4. The minimum absolute atomic E-state index is 0.632. The quantitative estimate of drug-likeness (QED) is 0.170. The van der Waals surface area contributed by atoms with Crippen molar-refractivity contribution in [3.05, 3.63) is 182 Å². The first-order valence-corrected chi connectivity index (χ1v) is 16.7. The van der Waals surface area contributed by atoms with Crippen LogP contribution in [-0.2, 0) is 0 Å². The molecule has 234 valence electrons. The van der Waals surface area contributed by atoms with Crippen LogP contribution in [0.4, 0.5) is 0 Å². The van der Waals surface area contributed by atoms with Crippen LogP contribution in [0.15, 0.2) is 182 Å². The average molecular weight is 639 g/mol. The van der Waals surface area contributed by atoms with Crippen molar-refractivity contribution in [3.63, 3.8) is 0 Å². The summed E-state index contributed by atoms with van der Waals surface area (Å²) in [6.07, 6.45) is 3.80. The Labute approximate surface area is 290 Å². The van der Waals surface area contributed by atoms with Gasteiger partial charge in [0.25, 0.3) is 0 Å². The summed E-state index contributed by atoms with van der Waals surface area (Å²) in [4.78, 5) is 19.5. The number of benzene rings is 7. The third kappa shape index (κ3) is 5.29. The molecule has 2 heterocycles. The van der Waals surface area contributed by atoms with Gasteiger partial charge in [-0.2, -0.15) is 0 Å². The van der Waals surface area contributed by atoms with E-state index in [4.69, 9.17) is 15.0 Å². The Morgan fingerprint density at radius 3 is 1.44 bits per heavy atom. The molecule has 0 aliphatic carbocycles. The number of pyridine rings is 1. The monoisotopic (exact) mass is 638 g/mol. The van der Waals surface area contributed by atoms with E-state index < -0.39 is 0 Å². The van der Waals surface area contributed by atoms with E-state index in [9.17, 15) is 0 Å². The molecule has 0 amide bonds. The van der Waals surface area contributed by atoms with Crippen molar-refractivity contribution in [1.29, 1.82) is 0 Å². The molecule has 0 unspecified atom stereocenters. The average Bonchev–Trinajstić information content (AvgIpc) is 3.21. The van der Waals surface area contributed by atoms with Crippen LogP contribution in [0.1, 0.15) is 0 Å². The van der Waals surface area contributed by atoms with Gasteiger partial charge in [0, 0.05) is 34.6 Å². The highest BCUT2D eigenvalue weighted by atomic mass is 15.0. The van der Waals surface area contributed by atoms with Gasteiger partial charge in [-0.3, -0.25) is 4.98 Å². The molecule has 0 N–H and O–H groups in total. The molecule has 9 aromatic rings. The molecule has 0 aliphatic rings. The second-order valence-corrected chi connectivity index (χ2v) is 12.3. The summed E-state index contributed by atoms with van der Waals surface area (Å²) in [6.45, 7) is 0. The van der Waals surface area contributed by atoms with Crippen molar-refractivity contribution in [3.8, 4) is 67.5 Å². The Balaban J connectivity index is 1.29. The molecule has 0 saturated heterocycles. The first kappa shape index (κ1) is 29.4. The van der Waals surface area contributed by atoms with Crippen LogP contribution in [-0.4, -0.2) is 19.9 Å². The lowest BCUT2D eigenvalue weighted by atomic mass is 9.83. The lowest BCUT2D eigenvalue weighted by Gasteiger charge is -2.20. The summed E-state index contributed by atoms with van der Waals surface area (Å²) in [7, 11) is 0. The summed E-state index contributed by atoms with van der Waals surface area (Å²) in [6, 6.07) is 59.0. The molecule has 4 nitrogen and oxygen atoms in total. The van der Waals surface area contributed by atoms with Crippen molar-refractivity contribution in [1.82, 2.24) is 19.9 Å². The SMILES string of the molecule is c1ccc(-c2nc(-c3ccccc3)nc(-c3cccc(-c4cccc5c(-c6cccnc6)c(-c6ccccc6)c6ccccc6c45)c3)n2)cc1. The zero-order valence-electron chi connectivity index (χ0n) is 27.1. The van der Waals surface area contributed by atoms with Crippen LogP contribution in [0.2, 0.25) is 0 Å². The largest absolute Gasteiger partial charge is 0.264 e. The van der Waals surface area contributed by atoms with Crippen LogP contribution < -0.4 is 0 Å². The Kier molecular flexibility index (Phi) is 7.45. The molecule has 9 rings (SSSR count). The van der Waals surface area contributed by atoms with Crippen LogP contribution in [0.3, 0.4) is 0 Å². The van der Waals surface area contributed by atoms with Gasteiger partial charge in [-0.25, -0.2) is 15.0 Å². The summed E-state index contributed by atoms with van der Waals surface area (Å²) in [5, 5.41) is 4.78. The molecular weight excluding hydrogens is 609 g/mol. The second kappa shape index (κ2) is 12.7. The summed E-state index contributed by atoms with van der Waals surface area (Å²) >= 11 is 0. The Morgan fingerprint density at radius 1 is 0.320 bits per heavy atom. The molecule has 0 atom stereocenters. The summed E-state index contributed by atoms with van der Waals surface area (Å²) in [5.41, 5.74) is 9.69. The van der Waals surface area contributed by atoms with E-state index in [0.717, 1.165) is 33.4 Å². The van der Waals surface area contributed by atoms with Crippen molar-refractivity contribution in [2.45, 2.75) is 0 Å². The van der Waals surface area contributed by atoms with E-state index in [0.29, 0.717) is 17.5 Å². The number of aromatic nitrogens is 4. The smallest absolute Gasteiger partial charge is 0.164 e. The number of rotatable bonds is 6. The maximum absolute atomic E-state index is 5.02. The summed E-state index contributed by atoms with van der Waals surface area (Å²) < 4.78 is 0. The van der Waals surface area contributed by atoms with Gasteiger partial charge < -0.3 is 0 Å². The molecule has 2 aromatic heterocycles. The minimum Gasteiger partial charge on any atom is -0.264 e. The first-order chi connectivity index (χ1) is 24.8. The molecule has 0 radical (unpaired) electrons. The van der Waals surface area contributed by atoms with E-state index >= 15 is 0 Å². The van der Waals surface area contributed by atoms with E-state index in [1.807, 2.05) is 79.1 Å². The number of fused-ring (bicyclic) bond motifs is 3. The van der Waals surface area contributed by atoms with Crippen molar-refractivity contribution in [2.24, 2.45) is 0 Å². The zero-order chi connectivity index (χ0) is 33.3. The molecule has 0 aliphatic heterocycles. The van der Waals surface area contributed by atoms with Crippen LogP contribution >= 0.6 is 0 Å². The lowest BCUT2D eigenvalue weighted by molar-refractivity contribution is 1.07. The topological polar surface area (TPSA) is 51.6 Å². The third-order valence-corrected chi connectivity index (χ3v) is 9.19. The number of hydrogen-bond acceptors (Lipinski definition) is 4. The zero-order valence-corrected chi connectivity index (χ0v) is 27.1. The molecule has 0 bridgehead atoms. The van der Waals surface area contributed by atoms with E-state index in [-0.39, 0.29) is 0 Å². The van der Waals surface area contributed by atoms with Gasteiger partial charge >= 0.3 is 0 Å². The van der Waals surface area contributed by atoms with Gasteiger partial charge in [-0.15, -0.1) is 0 Å². The minimum atomic E-state index is 0.632. The van der Waals surface area contributed by atoms with Gasteiger partial charge in [-0.1, -0.05) is 158 Å². The normalized spacial score (nSPS) is 11.2. The highest BCUT2D eigenvalue weighted by molar-refractivity contribution is 6.25. The predicted octanol–water partition coefficient (Wildman–Crippen LogP) is 11.6. The Hall–Kier alpha value is -6.78. The molecule has 0 spiro atoms. The van der Waals surface area contributed by atoms with Crippen molar-refractivity contribution in [2.75, 3.05) is 0 Å². The molecular formula is C46H30N4. The standard InChI is InChI=1S/C46H30N4/c1-4-15-31(16-5-1)41-38-24-10-11-25-39(38)43-37(26-13-27-40(43)42(41)36-23-14-28-47-30-36)34-21-12-22-35(29-34)46-49-44(32-17-6-2-7-18-32)48-45(50-46)33-19-8-3-9-20-33/h1-30H. The van der Waals surface area contributed by atoms with Crippen molar-refractivity contribution >= 4 is 21.5 Å². The molecule has 0 saturated carbocycles. The molecule has 7 aromatic carbocycles. The fraction of sp³-hybridized carbons (Fsp3) is 0. The highest BCUT2D eigenvalue weighted by Crippen LogP contribution is 2.47. The van der Waals surface area contributed by atoms with Gasteiger partial charge in [0.05, 0.1) is 0 Å². The lowest BCUT2D eigenvalue weighted by Crippen LogP contribution is -2.00. The maximum Gasteiger partial charge on any atom is 0.164 e. The molecule has 4 heteroatoms. The van der Waals surface area contributed by atoms with E-state index in [1.54, 1.807) is 0 Å². The van der Waals surface area contributed by atoms with E-state index in [1.165, 1.54) is 38.2 Å². The summed E-state index contributed by atoms with van der Waals surface area (Å²) in [5.74, 6) is 1.92. The van der Waals surface area contributed by atoms with Crippen LogP contribution in [0.25, 0.3) is 89.1 Å². The first-order valence-electron chi connectivity index (χ1n) is 16.7. The van der Waals surface area contributed by atoms with Gasteiger partial charge in [0.2, 0.25) is 0 Å². The van der Waals surface area contributed by atoms with E-state index in [2.05, 4.69) is 108 Å². The second-order valence-electron chi connectivity index (χ2n) is 12.3.